The highest BCUT2D eigenvalue weighted by atomic mass is 19.1. The fourth-order valence-corrected chi connectivity index (χ4v) is 2.06. The first kappa shape index (κ1) is 13.5. The summed E-state index contributed by atoms with van der Waals surface area (Å²) in [7, 11) is 1.66. The molecule has 2 rings (SSSR count). The molecule has 1 atom stereocenters. The molecular formula is C15H15F2NO. The van der Waals surface area contributed by atoms with Crippen molar-refractivity contribution < 1.29 is 13.9 Å². The number of halogens is 2. The van der Waals surface area contributed by atoms with Gasteiger partial charge >= 0.3 is 0 Å². The average Bonchev–Trinajstić information content (AvgIpc) is 2.39. The summed E-state index contributed by atoms with van der Waals surface area (Å²) in [6, 6.07) is 9.97. The molecule has 2 aromatic carbocycles. The summed E-state index contributed by atoms with van der Waals surface area (Å²) in [6.07, 6.45) is 0.439. The molecule has 0 aliphatic heterocycles. The van der Waals surface area contributed by atoms with Gasteiger partial charge in [0.2, 0.25) is 0 Å². The fourth-order valence-electron chi connectivity index (χ4n) is 2.06. The van der Waals surface area contributed by atoms with E-state index in [0.29, 0.717) is 6.42 Å². The lowest BCUT2D eigenvalue weighted by Crippen LogP contribution is -2.21. The van der Waals surface area contributed by atoms with Crippen molar-refractivity contribution in [1.29, 1.82) is 0 Å². The first-order chi connectivity index (χ1) is 9.11. The number of rotatable bonds is 4. The minimum atomic E-state index is -0.557. The molecule has 0 heterocycles. The highest BCUT2D eigenvalue weighted by Crippen LogP contribution is 2.24. The van der Waals surface area contributed by atoms with E-state index in [9.17, 15) is 13.9 Å². The molecule has 0 saturated heterocycles. The molecule has 1 unspecified atom stereocenters. The average molecular weight is 263 g/mol. The van der Waals surface area contributed by atoms with Gasteiger partial charge in [-0.15, -0.1) is 0 Å². The second-order valence-electron chi connectivity index (χ2n) is 4.35. The lowest BCUT2D eigenvalue weighted by molar-refractivity contribution is 0.473. The highest BCUT2D eigenvalue weighted by molar-refractivity contribution is 5.29. The number of likely N-dealkylation sites (N-methyl/N-ethyl adjacent to an activating group) is 1. The van der Waals surface area contributed by atoms with Crippen LogP contribution in [0.2, 0.25) is 0 Å². The third-order valence-electron chi connectivity index (χ3n) is 3.07. The van der Waals surface area contributed by atoms with Crippen molar-refractivity contribution in [2.45, 2.75) is 12.5 Å². The van der Waals surface area contributed by atoms with E-state index in [1.165, 1.54) is 18.2 Å². The summed E-state index contributed by atoms with van der Waals surface area (Å²) in [5, 5.41) is 12.1. The number of nitrogens with one attached hydrogen (secondary N) is 1. The Kier molecular flexibility index (Phi) is 4.12. The van der Waals surface area contributed by atoms with Gasteiger partial charge < -0.3 is 10.4 Å². The zero-order valence-electron chi connectivity index (χ0n) is 10.5. The second-order valence-corrected chi connectivity index (χ2v) is 4.35. The normalized spacial score (nSPS) is 12.4. The van der Waals surface area contributed by atoms with Gasteiger partial charge in [-0.3, -0.25) is 0 Å². The molecule has 19 heavy (non-hydrogen) atoms. The Morgan fingerprint density at radius 3 is 2.16 bits per heavy atom. The molecule has 2 aromatic rings. The summed E-state index contributed by atoms with van der Waals surface area (Å²) in [5.74, 6) is -0.946. The molecule has 0 radical (unpaired) electrons. The Labute approximate surface area is 110 Å². The van der Waals surface area contributed by atoms with Crippen molar-refractivity contribution in [3.8, 4) is 5.75 Å². The molecule has 0 aliphatic carbocycles. The van der Waals surface area contributed by atoms with Crippen LogP contribution in [0.3, 0.4) is 0 Å². The molecule has 0 saturated carbocycles. The molecule has 0 fully saturated rings. The van der Waals surface area contributed by atoms with E-state index in [2.05, 4.69) is 5.32 Å². The van der Waals surface area contributed by atoms with Gasteiger partial charge in [-0.2, -0.15) is 0 Å². The molecule has 0 aliphatic rings. The zero-order chi connectivity index (χ0) is 13.8. The van der Waals surface area contributed by atoms with Gasteiger partial charge in [-0.05, 0) is 43.3 Å². The van der Waals surface area contributed by atoms with Gasteiger partial charge in [0.25, 0.3) is 0 Å². The van der Waals surface area contributed by atoms with E-state index in [4.69, 9.17) is 0 Å². The summed E-state index contributed by atoms with van der Waals surface area (Å²) in [5.41, 5.74) is 0.929. The van der Waals surface area contributed by atoms with E-state index < -0.39 is 17.7 Å². The predicted octanol–water partition coefficient (Wildman–Crippen LogP) is 3.17. The molecule has 0 aromatic heterocycles. The van der Waals surface area contributed by atoms with Crippen LogP contribution in [-0.2, 0) is 6.42 Å². The van der Waals surface area contributed by atoms with Gasteiger partial charge in [0.1, 0.15) is 17.4 Å². The molecule has 0 amide bonds. The maximum Gasteiger partial charge on any atom is 0.130 e. The molecule has 2 nitrogen and oxygen atoms in total. The summed E-state index contributed by atoms with van der Waals surface area (Å²) in [4.78, 5) is 0. The van der Waals surface area contributed by atoms with E-state index in [0.717, 1.165) is 5.56 Å². The second kappa shape index (κ2) is 5.80. The van der Waals surface area contributed by atoms with Gasteiger partial charge in [-0.1, -0.05) is 18.2 Å². The van der Waals surface area contributed by atoms with Crippen LogP contribution in [0.15, 0.2) is 42.5 Å². The number of phenolic OH excluding ortho intramolecular Hbond substituents is 1. The van der Waals surface area contributed by atoms with Crippen molar-refractivity contribution >= 4 is 0 Å². The quantitative estimate of drug-likeness (QED) is 0.888. The van der Waals surface area contributed by atoms with Crippen molar-refractivity contribution in [2.24, 2.45) is 0 Å². The van der Waals surface area contributed by atoms with Crippen LogP contribution in [0.5, 0.6) is 5.75 Å². The standard InChI is InChI=1S/C15H15F2NO/c1-18-14(9-10-5-7-11(19)8-6-10)15-12(16)3-2-4-13(15)17/h2-8,14,18-19H,9H2,1H3. The van der Waals surface area contributed by atoms with Gasteiger partial charge in [0, 0.05) is 11.6 Å². The van der Waals surface area contributed by atoms with Crippen LogP contribution in [0.4, 0.5) is 8.78 Å². The first-order valence-corrected chi connectivity index (χ1v) is 6.01. The minimum Gasteiger partial charge on any atom is -0.508 e. The van der Waals surface area contributed by atoms with E-state index in [1.807, 2.05) is 0 Å². The topological polar surface area (TPSA) is 32.3 Å². The molecule has 0 spiro atoms. The van der Waals surface area contributed by atoms with E-state index in [-0.39, 0.29) is 11.3 Å². The summed E-state index contributed by atoms with van der Waals surface area (Å²) >= 11 is 0. The lowest BCUT2D eigenvalue weighted by atomic mass is 9.98. The van der Waals surface area contributed by atoms with E-state index >= 15 is 0 Å². The molecule has 0 bridgehead atoms. The number of aromatic hydroxyl groups is 1. The van der Waals surface area contributed by atoms with Crippen LogP contribution < -0.4 is 5.32 Å². The monoisotopic (exact) mass is 263 g/mol. The number of phenols is 1. The Morgan fingerprint density at radius 1 is 1.05 bits per heavy atom. The van der Waals surface area contributed by atoms with Crippen LogP contribution in [0.1, 0.15) is 17.2 Å². The van der Waals surface area contributed by atoms with Crippen molar-refractivity contribution in [2.75, 3.05) is 7.05 Å². The maximum atomic E-state index is 13.7. The number of hydrogen-bond acceptors (Lipinski definition) is 2. The molecule has 100 valence electrons. The SMILES string of the molecule is CNC(Cc1ccc(O)cc1)c1c(F)cccc1F. The highest BCUT2D eigenvalue weighted by Gasteiger charge is 2.18. The largest absolute Gasteiger partial charge is 0.508 e. The Hall–Kier alpha value is -1.94. The molecule has 4 heteroatoms. The summed E-state index contributed by atoms with van der Waals surface area (Å²) in [6.45, 7) is 0. The van der Waals surface area contributed by atoms with Gasteiger partial charge in [0.05, 0.1) is 0 Å². The lowest BCUT2D eigenvalue weighted by Gasteiger charge is -2.18. The third-order valence-corrected chi connectivity index (χ3v) is 3.07. The third kappa shape index (κ3) is 3.09. The van der Waals surface area contributed by atoms with Gasteiger partial charge in [-0.25, -0.2) is 8.78 Å². The van der Waals surface area contributed by atoms with Crippen molar-refractivity contribution in [3.63, 3.8) is 0 Å². The Bertz CT molecular complexity index is 534. The first-order valence-electron chi connectivity index (χ1n) is 6.01. The zero-order valence-corrected chi connectivity index (χ0v) is 10.5. The van der Waals surface area contributed by atoms with Crippen LogP contribution >= 0.6 is 0 Å². The Morgan fingerprint density at radius 2 is 1.63 bits per heavy atom. The predicted molar refractivity (Wildman–Crippen MR) is 70.0 cm³/mol. The fraction of sp³-hybridized carbons (Fsp3) is 0.200. The van der Waals surface area contributed by atoms with Crippen LogP contribution in [0, 0.1) is 11.6 Å². The van der Waals surface area contributed by atoms with Crippen LogP contribution in [-0.4, -0.2) is 12.2 Å². The number of benzene rings is 2. The smallest absolute Gasteiger partial charge is 0.130 e. The number of hydrogen-bond donors (Lipinski definition) is 2. The minimum absolute atomic E-state index is 0.0399. The van der Waals surface area contributed by atoms with Gasteiger partial charge in [0.15, 0.2) is 0 Å². The maximum absolute atomic E-state index is 13.7. The van der Waals surface area contributed by atoms with Crippen molar-refractivity contribution in [3.05, 3.63) is 65.2 Å². The van der Waals surface area contributed by atoms with Crippen molar-refractivity contribution in [1.82, 2.24) is 5.32 Å². The summed E-state index contributed by atoms with van der Waals surface area (Å²) < 4.78 is 27.5. The van der Waals surface area contributed by atoms with Crippen LogP contribution in [0.25, 0.3) is 0 Å². The van der Waals surface area contributed by atoms with E-state index in [1.54, 1.807) is 31.3 Å². The molecular weight excluding hydrogens is 248 g/mol. The molecule has 2 N–H and O–H groups in total. The Balaban J connectivity index is 2.27.